The number of aromatic nitrogens is 2. The Hall–Kier alpha value is -2.10. The fourth-order valence-electron chi connectivity index (χ4n) is 1.35. The second-order valence-electron chi connectivity index (χ2n) is 3.88. The van der Waals surface area contributed by atoms with Crippen LogP contribution < -0.4 is 9.64 Å². The first-order chi connectivity index (χ1) is 8.25. The van der Waals surface area contributed by atoms with E-state index in [0.717, 1.165) is 11.4 Å². The van der Waals surface area contributed by atoms with Crippen molar-refractivity contribution in [3.05, 3.63) is 48.3 Å². The Kier molecular flexibility index (Phi) is 3.55. The minimum Gasteiger partial charge on any atom is -0.472 e. The zero-order chi connectivity index (χ0) is 12.1. The van der Waals surface area contributed by atoms with Gasteiger partial charge in [-0.1, -0.05) is 30.3 Å². The lowest BCUT2D eigenvalue weighted by molar-refractivity contribution is 0.292. The zero-order valence-corrected chi connectivity index (χ0v) is 10.00. The van der Waals surface area contributed by atoms with Crippen molar-refractivity contribution in [3.8, 4) is 5.88 Å². The molecule has 0 radical (unpaired) electrons. The van der Waals surface area contributed by atoms with Crippen LogP contribution in [0.3, 0.4) is 0 Å². The summed E-state index contributed by atoms with van der Waals surface area (Å²) in [5, 5.41) is 0. The molecule has 2 rings (SSSR count). The van der Waals surface area contributed by atoms with Crippen molar-refractivity contribution in [3.63, 3.8) is 0 Å². The first kappa shape index (κ1) is 11.4. The maximum Gasteiger partial charge on any atom is 0.232 e. The number of anilines is 1. The van der Waals surface area contributed by atoms with Crippen LogP contribution in [0.5, 0.6) is 5.88 Å². The van der Waals surface area contributed by atoms with Gasteiger partial charge >= 0.3 is 0 Å². The van der Waals surface area contributed by atoms with Gasteiger partial charge in [0, 0.05) is 14.1 Å². The Bertz CT molecular complexity index is 454. The molecule has 0 aliphatic heterocycles. The third kappa shape index (κ3) is 3.17. The number of nitrogens with zero attached hydrogens (tertiary/aromatic N) is 3. The molecule has 0 fully saturated rings. The second-order valence-corrected chi connectivity index (χ2v) is 3.88. The third-order valence-corrected chi connectivity index (χ3v) is 2.30. The Labute approximate surface area is 101 Å². The Morgan fingerprint density at radius 3 is 2.41 bits per heavy atom. The molecular formula is C13H15N3O. The van der Waals surface area contributed by atoms with Gasteiger partial charge in [-0.05, 0) is 5.56 Å². The summed E-state index contributed by atoms with van der Waals surface area (Å²) in [6.45, 7) is 0.511. The highest BCUT2D eigenvalue weighted by Gasteiger charge is 2.00. The fourth-order valence-corrected chi connectivity index (χ4v) is 1.35. The molecule has 1 aromatic heterocycles. The molecule has 1 heterocycles. The molecule has 0 atom stereocenters. The second kappa shape index (κ2) is 5.30. The first-order valence-electron chi connectivity index (χ1n) is 5.42. The van der Waals surface area contributed by atoms with E-state index in [2.05, 4.69) is 9.97 Å². The largest absolute Gasteiger partial charge is 0.472 e. The minimum atomic E-state index is 0.511. The summed E-state index contributed by atoms with van der Waals surface area (Å²) in [5.74, 6) is 1.36. The maximum absolute atomic E-state index is 5.53. The number of benzene rings is 1. The molecule has 0 saturated heterocycles. The van der Waals surface area contributed by atoms with Crippen LogP contribution in [0.2, 0.25) is 0 Å². The molecule has 0 aliphatic rings. The average Bonchev–Trinajstić information content (AvgIpc) is 2.38. The summed E-state index contributed by atoms with van der Waals surface area (Å²) >= 11 is 0. The van der Waals surface area contributed by atoms with Crippen LogP contribution in [0.15, 0.2) is 42.7 Å². The average molecular weight is 229 g/mol. The van der Waals surface area contributed by atoms with Crippen molar-refractivity contribution in [2.75, 3.05) is 19.0 Å². The van der Waals surface area contributed by atoms with Crippen molar-refractivity contribution < 1.29 is 4.74 Å². The van der Waals surface area contributed by atoms with E-state index in [0.29, 0.717) is 12.5 Å². The van der Waals surface area contributed by atoms with E-state index >= 15 is 0 Å². The lowest BCUT2D eigenvalue weighted by atomic mass is 10.2. The van der Waals surface area contributed by atoms with Crippen LogP contribution in [-0.4, -0.2) is 24.1 Å². The quantitative estimate of drug-likeness (QED) is 0.805. The highest BCUT2D eigenvalue weighted by molar-refractivity contribution is 5.33. The first-order valence-corrected chi connectivity index (χ1v) is 5.42. The highest BCUT2D eigenvalue weighted by atomic mass is 16.5. The smallest absolute Gasteiger partial charge is 0.232 e. The Balaban J connectivity index is 1.96. The molecule has 0 amide bonds. The van der Waals surface area contributed by atoms with Crippen LogP contribution in [0, 0.1) is 0 Å². The van der Waals surface area contributed by atoms with Gasteiger partial charge in [0.05, 0.1) is 12.4 Å². The molecule has 4 nitrogen and oxygen atoms in total. The van der Waals surface area contributed by atoms with Gasteiger partial charge in [-0.25, -0.2) is 9.97 Å². The molecular weight excluding hydrogens is 214 g/mol. The molecule has 0 saturated carbocycles. The van der Waals surface area contributed by atoms with Gasteiger partial charge in [-0.3, -0.25) is 0 Å². The Morgan fingerprint density at radius 1 is 1.06 bits per heavy atom. The van der Waals surface area contributed by atoms with Gasteiger partial charge in [0.25, 0.3) is 0 Å². The van der Waals surface area contributed by atoms with E-state index in [1.165, 1.54) is 0 Å². The molecule has 88 valence electrons. The topological polar surface area (TPSA) is 38.2 Å². The van der Waals surface area contributed by atoms with Gasteiger partial charge in [-0.2, -0.15) is 0 Å². The van der Waals surface area contributed by atoms with Crippen LogP contribution in [0.1, 0.15) is 5.56 Å². The summed E-state index contributed by atoms with van der Waals surface area (Å²) in [4.78, 5) is 10.3. The predicted octanol–water partition coefficient (Wildman–Crippen LogP) is 2.12. The molecule has 4 heteroatoms. The maximum atomic E-state index is 5.53. The molecule has 0 aliphatic carbocycles. The van der Waals surface area contributed by atoms with Crippen LogP contribution in [0.25, 0.3) is 0 Å². The molecule has 0 unspecified atom stereocenters. The van der Waals surface area contributed by atoms with Crippen molar-refractivity contribution >= 4 is 5.82 Å². The van der Waals surface area contributed by atoms with Crippen molar-refractivity contribution in [1.82, 2.24) is 9.97 Å². The lowest BCUT2D eigenvalue weighted by Crippen LogP contribution is -2.11. The van der Waals surface area contributed by atoms with E-state index in [1.54, 1.807) is 12.4 Å². The zero-order valence-electron chi connectivity index (χ0n) is 10.00. The van der Waals surface area contributed by atoms with E-state index < -0.39 is 0 Å². The number of hydrogen-bond donors (Lipinski definition) is 0. The van der Waals surface area contributed by atoms with Gasteiger partial charge in [0.1, 0.15) is 12.4 Å². The normalized spacial score (nSPS) is 10.0. The molecule has 0 spiro atoms. The summed E-state index contributed by atoms with van der Waals surface area (Å²) in [6, 6.07) is 9.98. The third-order valence-electron chi connectivity index (χ3n) is 2.30. The van der Waals surface area contributed by atoms with Crippen molar-refractivity contribution in [2.45, 2.75) is 6.61 Å². The van der Waals surface area contributed by atoms with Crippen molar-refractivity contribution in [1.29, 1.82) is 0 Å². The summed E-state index contributed by atoms with van der Waals surface area (Å²) < 4.78 is 5.53. The summed E-state index contributed by atoms with van der Waals surface area (Å²) in [5.41, 5.74) is 1.12. The van der Waals surface area contributed by atoms with E-state index in [4.69, 9.17) is 4.74 Å². The van der Waals surface area contributed by atoms with Crippen molar-refractivity contribution in [2.24, 2.45) is 0 Å². The van der Waals surface area contributed by atoms with Crippen LogP contribution in [-0.2, 0) is 6.61 Å². The predicted molar refractivity (Wildman–Crippen MR) is 67.1 cm³/mol. The Morgan fingerprint density at radius 2 is 1.82 bits per heavy atom. The van der Waals surface area contributed by atoms with E-state index in [1.807, 2.05) is 49.3 Å². The lowest BCUT2D eigenvalue weighted by Gasteiger charge is -2.10. The molecule has 1 aromatic carbocycles. The fraction of sp³-hybridized carbons (Fsp3) is 0.231. The minimum absolute atomic E-state index is 0.511. The molecule has 0 N–H and O–H groups in total. The number of hydrogen-bond acceptors (Lipinski definition) is 4. The molecule has 17 heavy (non-hydrogen) atoms. The monoisotopic (exact) mass is 229 g/mol. The SMILES string of the molecule is CN(C)c1cnc(OCc2ccccc2)cn1. The molecule has 0 bridgehead atoms. The van der Waals surface area contributed by atoms with Crippen LogP contribution in [0.4, 0.5) is 5.82 Å². The molecule has 2 aromatic rings. The summed E-state index contributed by atoms with van der Waals surface area (Å²) in [6.07, 6.45) is 3.33. The summed E-state index contributed by atoms with van der Waals surface area (Å²) in [7, 11) is 3.85. The van der Waals surface area contributed by atoms with Gasteiger partial charge in [-0.15, -0.1) is 0 Å². The van der Waals surface area contributed by atoms with Gasteiger partial charge in [0.15, 0.2) is 0 Å². The highest BCUT2D eigenvalue weighted by Crippen LogP contribution is 2.11. The van der Waals surface area contributed by atoms with E-state index in [9.17, 15) is 0 Å². The standard InChI is InChI=1S/C13H15N3O/c1-16(2)12-8-15-13(9-14-12)17-10-11-6-4-3-5-7-11/h3-9H,10H2,1-2H3. The number of ether oxygens (including phenoxy) is 1. The number of rotatable bonds is 4. The van der Waals surface area contributed by atoms with Gasteiger partial charge in [0.2, 0.25) is 5.88 Å². The van der Waals surface area contributed by atoms with E-state index in [-0.39, 0.29) is 0 Å². The van der Waals surface area contributed by atoms with Gasteiger partial charge < -0.3 is 9.64 Å². The van der Waals surface area contributed by atoms with Crippen LogP contribution >= 0.6 is 0 Å².